The lowest BCUT2D eigenvalue weighted by molar-refractivity contribution is 0.0726. The average Bonchev–Trinajstić information content (AvgIpc) is 2.94. The van der Waals surface area contributed by atoms with Crippen molar-refractivity contribution >= 4 is 5.91 Å². The van der Waals surface area contributed by atoms with Crippen molar-refractivity contribution in [3.8, 4) is 0 Å². The fraction of sp³-hybridized carbons (Fsp3) is 0.579. The van der Waals surface area contributed by atoms with Gasteiger partial charge in [0.1, 0.15) is 12.1 Å². The van der Waals surface area contributed by atoms with Crippen LogP contribution >= 0.6 is 0 Å². The first-order chi connectivity index (χ1) is 12.7. The summed E-state index contributed by atoms with van der Waals surface area (Å²) in [6.07, 6.45) is 6.32. The Labute approximate surface area is 152 Å². The Morgan fingerprint density at radius 2 is 2.19 bits per heavy atom. The highest BCUT2D eigenvalue weighted by Gasteiger charge is 2.30. The molecule has 1 atom stereocenters. The summed E-state index contributed by atoms with van der Waals surface area (Å²) < 4.78 is 11.2. The van der Waals surface area contributed by atoms with Gasteiger partial charge in [-0.15, -0.1) is 0 Å². The number of rotatable bonds is 3. The molecule has 1 aliphatic carbocycles. The molecule has 4 rings (SSSR count). The third-order valence-corrected chi connectivity index (χ3v) is 5.14. The SMILES string of the molecule is Cc1cc(C[C@H]2COCCN(C(=O)c3noc4c3CCCC4)C2)ncn1. The Morgan fingerprint density at radius 3 is 3.08 bits per heavy atom. The summed E-state index contributed by atoms with van der Waals surface area (Å²) in [5, 5.41) is 4.10. The molecule has 0 spiro atoms. The Balaban J connectivity index is 1.49. The van der Waals surface area contributed by atoms with Gasteiger partial charge in [-0.2, -0.15) is 0 Å². The van der Waals surface area contributed by atoms with Gasteiger partial charge in [0.05, 0.1) is 13.2 Å². The Hall–Kier alpha value is -2.28. The van der Waals surface area contributed by atoms with Crippen LogP contribution in [-0.4, -0.2) is 52.2 Å². The minimum absolute atomic E-state index is 0.0359. The van der Waals surface area contributed by atoms with Crippen molar-refractivity contribution in [1.82, 2.24) is 20.0 Å². The van der Waals surface area contributed by atoms with Crippen LogP contribution in [-0.2, 0) is 24.0 Å². The van der Waals surface area contributed by atoms with Gasteiger partial charge in [0.2, 0.25) is 0 Å². The Bertz CT molecular complexity index is 789. The van der Waals surface area contributed by atoms with Gasteiger partial charge in [-0.25, -0.2) is 9.97 Å². The lowest BCUT2D eigenvalue weighted by atomic mass is 9.96. The minimum atomic E-state index is -0.0359. The molecule has 0 saturated carbocycles. The topological polar surface area (TPSA) is 81.4 Å². The van der Waals surface area contributed by atoms with Crippen molar-refractivity contribution in [3.63, 3.8) is 0 Å². The molecular weight excluding hydrogens is 332 g/mol. The number of carbonyl (C=O) groups is 1. The molecule has 0 radical (unpaired) electrons. The highest BCUT2D eigenvalue weighted by molar-refractivity contribution is 5.94. The summed E-state index contributed by atoms with van der Waals surface area (Å²) >= 11 is 0. The van der Waals surface area contributed by atoms with E-state index < -0.39 is 0 Å². The van der Waals surface area contributed by atoms with Gasteiger partial charge in [-0.05, 0) is 38.7 Å². The zero-order chi connectivity index (χ0) is 17.9. The van der Waals surface area contributed by atoms with Crippen LogP contribution in [0.5, 0.6) is 0 Å². The van der Waals surface area contributed by atoms with Gasteiger partial charge in [0, 0.05) is 42.4 Å². The average molecular weight is 356 g/mol. The van der Waals surface area contributed by atoms with E-state index >= 15 is 0 Å². The fourth-order valence-electron chi connectivity index (χ4n) is 3.81. The minimum Gasteiger partial charge on any atom is -0.379 e. The molecule has 0 unspecified atom stereocenters. The van der Waals surface area contributed by atoms with Gasteiger partial charge in [0.15, 0.2) is 5.69 Å². The Kier molecular flexibility index (Phi) is 4.97. The van der Waals surface area contributed by atoms with Crippen LogP contribution in [0.3, 0.4) is 0 Å². The molecule has 0 N–H and O–H groups in total. The molecular formula is C19H24N4O3. The quantitative estimate of drug-likeness (QED) is 0.836. The molecule has 7 nitrogen and oxygen atoms in total. The normalized spacial score (nSPS) is 20.5. The van der Waals surface area contributed by atoms with E-state index in [1.807, 2.05) is 17.9 Å². The van der Waals surface area contributed by atoms with Gasteiger partial charge in [-0.1, -0.05) is 5.16 Å². The highest BCUT2D eigenvalue weighted by atomic mass is 16.5. The molecule has 2 aromatic heterocycles. The van der Waals surface area contributed by atoms with Crippen molar-refractivity contribution in [2.24, 2.45) is 5.92 Å². The number of aromatic nitrogens is 3. The van der Waals surface area contributed by atoms with Crippen LogP contribution < -0.4 is 0 Å². The molecule has 2 aromatic rings. The second-order valence-electron chi connectivity index (χ2n) is 7.19. The van der Waals surface area contributed by atoms with E-state index in [0.717, 1.165) is 54.8 Å². The summed E-state index contributed by atoms with van der Waals surface area (Å²) in [5.41, 5.74) is 3.44. The lowest BCUT2D eigenvalue weighted by Gasteiger charge is -2.23. The van der Waals surface area contributed by atoms with Gasteiger partial charge < -0.3 is 14.2 Å². The summed E-state index contributed by atoms with van der Waals surface area (Å²) in [7, 11) is 0. The van der Waals surface area contributed by atoms with Gasteiger partial charge in [0.25, 0.3) is 5.91 Å². The summed E-state index contributed by atoms with van der Waals surface area (Å²) in [5.74, 6) is 1.06. The summed E-state index contributed by atoms with van der Waals surface area (Å²) in [6.45, 7) is 4.36. The summed E-state index contributed by atoms with van der Waals surface area (Å²) in [6, 6.07) is 1.99. The van der Waals surface area contributed by atoms with Crippen LogP contribution in [0.2, 0.25) is 0 Å². The molecule has 138 valence electrons. The summed E-state index contributed by atoms with van der Waals surface area (Å²) in [4.78, 5) is 23.4. The van der Waals surface area contributed by atoms with Crippen LogP contribution in [0.15, 0.2) is 16.9 Å². The van der Waals surface area contributed by atoms with Crippen LogP contribution in [0.1, 0.15) is 46.0 Å². The van der Waals surface area contributed by atoms with Crippen molar-refractivity contribution in [3.05, 3.63) is 40.8 Å². The van der Waals surface area contributed by atoms with Crippen molar-refractivity contribution in [2.75, 3.05) is 26.3 Å². The van der Waals surface area contributed by atoms with Gasteiger partial charge >= 0.3 is 0 Å². The molecule has 1 aliphatic heterocycles. The molecule has 2 aliphatic rings. The smallest absolute Gasteiger partial charge is 0.276 e. The van der Waals surface area contributed by atoms with E-state index in [4.69, 9.17) is 9.26 Å². The molecule has 0 aromatic carbocycles. The number of nitrogens with zero attached hydrogens (tertiary/aromatic N) is 4. The van der Waals surface area contributed by atoms with E-state index in [0.29, 0.717) is 32.0 Å². The third kappa shape index (κ3) is 3.62. The zero-order valence-electron chi connectivity index (χ0n) is 15.1. The predicted molar refractivity (Wildman–Crippen MR) is 93.8 cm³/mol. The second-order valence-corrected chi connectivity index (χ2v) is 7.19. The monoisotopic (exact) mass is 356 g/mol. The van der Waals surface area contributed by atoms with Crippen molar-refractivity contribution in [1.29, 1.82) is 0 Å². The van der Waals surface area contributed by atoms with Crippen LogP contribution in [0, 0.1) is 12.8 Å². The van der Waals surface area contributed by atoms with Crippen LogP contribution in [0.25, 0.3) is 0 Å². The molecule has 26 heavy (non-hydrogen) atoms. The first-order valence-electron chi connectivity index (χ1n) is 9.32. The number of hydrogen-bond acceptors (Lipinski definition) is 6. The molecule has 7 heteroatoms. The van der Waals surface area contributed by atoms with Gasteiger partial charge in [-0.3, -0.25) is 4.79 Å². The van der Waals surface area contributed by atoms with Crippen molar-refractivity contribution in [2.45, 2.75) is 39.0 Å². The molecule has 1 amide bonds. The second kappa shape index (κ2) is 7.53. The maximum Gasteiger partial charge on any atom is 0.276 e. The van der Waals surface area contributed by atoms with E-state index in [9.17, 15) is 4.79 Å². The molecule has 0 bridgehead atoms. The highest BCUT2D eigenvalue weighted by Crippen LogP contribution is 2.25. The number of carbonyl (C=O) groups excluding carboxylic acids is 1. The number of fused-ring (bicyclic) bond motifs is 1. The standard InChI is InChI=1S/C19H24N4O3/c1-13-8-15(21-12-20-13)9-14-10-23(6-7-25-11-14)19(24)18-16-4-2-3-5-17(16)26-22-18/h8,12,14H,2-7,9-11H2,1H3/t14-/m1/s1. The maximum atomic E-state index is 13.1. The fourth-order valence-corrected chi connectivity index (χ4v) is 3.81. The maximum absolute atomic E-state index is 13.1. The zero-order valence-corrected chi connectivity index (χ0v) is 15.1. The Morgan fingerprint density at radius 1 is 1.31 bits per heavy atom. The van der Waals surface area contributed by atoms with Crippen molar-refractivity contribution < 1.29 is 14.1 Å². The van der Waals surface area contributed by atoms with E-state index in [2.05, 4.69) is 15.1 Å². The molecule has 1 saturated heterocycles. The lowest BCUT2D eigenvalue weighted by Crippen LogP contribution is -2.37. The number of ether oxygens (including phenoxy) is 1. The van der Waals surface area contributed by atoms with E-state index in [1.165, 1.54) is 0 Å². The molecule has 1 fully saturated rings. The number of aryl methyl sites for hydroxylation is 2. The number of hydrogen-bond donors (Lipinski definition) is 0. The van der Waals surface area contributed by atoms with E-state index in [1.54, 1.807) is 6.33 Å². The van der Waals surface area contributed by atoms with Crippen LogP contribution in [0.4, 0.5) is 0 Å². The number of amides is 1. The largest absolute Gasteiger partial charge is 0.379 e. The molecule has 3 heterocycles. The third-order valence-electron chi connectivity index (χ3n) is 5.14. The first kappa shape index (κ1) is 17.1. The van der Waals surface area contributed by atoms with E-state index in [-0.39, 0.29) is 11.8 Å². The predicted octanol–water partition coefficient (Wildman–Crippen LogP) is 1.98. The first-order valence-corrected chi connectivity index (χ1v) is 9.32.